The molecule has 0 aliphatic heterocycles. The van der Waals surface area contributed by atoms with Gasteiger partial charge in [0.05, 0.1) is 6.10 Å². The molecule has 2 unspecified atom stereocenters. The lowest BCUT2D eigenvalue weighted by atomic mass is 9.93. The van der Waals surface area contributed by atoms with Crippen molar-refractivity contribution in [2.45, 2.75) is 38.2 Å². The van der Waals surface area contributed by atoms with E-state index in [1.165, 1.54) is 0 Å². The van der Waals surface area contributed by atoms with Gasteiger partial charge < -0.3 is 10.0 Å². The largest absolute Gasteiger partial charge is 0.391 e. The predicted octanol–water partition coefficient (Wildman–Crippen LogP) is 1.57. The molecule has 3 nitrogen and oxygen atoms in total. The number of hydrogen-bond donors (Lipinski definition) is 1. The van der Waals surface area contributed by atoms with Gasteiger partial charge in [-0.15, -0.1) is 0 Å². The number of likely N-dealkylation sites (N-methyl/N-ethyl adjacent to an activating group) is 1. The Balaban J connectivity index is 1.80. The first-order valence-electron chi connectivity index (χ1n) is 6.26. The fraction of sp³-hybridized carbons (Fsp3) is 0.769. The zero-order valence-corrected chi connectivity index (χ0v) is 9.93. The number of hydrogen-bond acceptors (Lipinski definition) is 2. The minimum absolute atomic E-state index is 0.140. The molecule has 0 radical (unpaired) electrons. The molecule has 1 amide bonds. The van der Waals surface area contributed by atoms with Crippen LogP contribution in [0.2, 0.25) is 0 Å². The molecule has 2 aliphatic rings. The molecule has 2 rings (SSSR count). The third kappa shape index (κ3) is 2.85. The van der Waals surface area contributed by atoms with E-state index in [1.807, 2.05) is 7.05 Å². The normalized spacial score (nSPS) is 26.5. The summed E-state index contributed by atoms with van der Waals surface area (Å²) < 4.78 is 0. The summed E-state index contributed by atoms with van der Waals surface area (Å²) in [6.45, 7) is 0.504. The zero-order valence-electron chi connectivity index (χ0n) is 9.93. The molecule has 0 saturated heterocycles. The van der Waals surface area contributed by atoms with Crippen LogP contribution in [-0.4, -0.2) is 35.6 Å². The number of nitrogens with zero attached hydrogens (tertiary/aromatic N) is 1. The Morgan fingerprint density at radius 1 is 1.44 bits per heavy atom. The van der Waals surface area contributed by atoms with E-state index in [2.05, 4.69) is 12.2 Å². The van der Waals surface area contributed by atoms with E-state index in [0.717, 1.165) is 32.1 Å². The number of allylic oxidation sites excluding steroid dienone is 2. The second-order valence-electron chi connectivity index (χ2n) is 5.10. The van der Waals surface area contributed by atoms with Crippen molar-refractivity contribution in [3.05, 3.63) is 12.2 Å². The maximum absolute atomic E-state index is 12.1. The lowest BCUT2D eigenvalue weighted by molar-refractivity contribution is -0.135. The highest BCUT2D eigenvalue weighted by atomic mass is 16.3. The molecule has 1 saturated carbocycles. The van der Waals surface area contributed by atoms with Gasteiger partial charge in [0.25, 0.3) is 0 Å². The Kier molecular flexibility index (Phi) is 3.64. The van der Waals surface area contributed by atoms with Crippen molar-refractivity contribution in [1.29, 1.82) is 0 Å². The number of carbonyl (C=O) groups excluding carboxylic acids is 1. The van der Waals surface area contributed by atoms with Crippen LogP contribution < -0.4 is 0 Å². The second-order valence-corrected chi connectivity index (χ2v) is 5.10. The third-order valence-electron chi connectivity index (χ3n) is 3.62. The van der Waals surface area contributed by atoms with Crippen molar-refractivity contribution < 1.29 is 9.90 Å². The fourth-order valence-electron chi connectivity index (χ4n) is 2.33. The molecule has 0 aromatic rings. The van der Waals surface area contributed by atoms with Crippen molar-refractivity contribution in [2.75, 3.05) is 13.6 Å². The molecule has 1 fully saturated rings. The van der Waals surface area contributed by atoms with Crippen LogP contribution in [0.4, 0.5) is 0 Å². The molecule has 16 heavy (non-hydrogen) atoms. The molecule has 2 aliphatic carbocycles. The minimum Gasteiger partial charge on any atom is -0.391 e. The molecule has 2 atom stereocenters. The van der Waals surface area contributed by atoms with Gasteiger partial charge in [0, 0.05) is 19.5 Å². The van der Waals surface area contributed by atoms with E-state index < -0.39 is 0 Å². The Bertz CT molecular complexity index is 284. The van der Waals surface area contributed by atoms with Gasteiger partial charge in [0.15, 0.2) is 0 Å². The van der Waals surface area contributed by atoms with Gasteiger partial charge in [-0.25, -0.2) is 0 Å². The third-order valence-corrected chi connectivity index (χ3v) is 3.62. The topological polar surface area (TPSA) is 40.5 Å². The second kappa shape index (κ2) is 5.00. The van der Waals surface area contributed by atoms with E-state index in [-0.39, 0.29) is 17.9 Å². The lowest BCUT2D eigenvalue weighted by Crippen LogP contribution is -2.39. The van der Waals surface area contributed by atoms with Crippen LogP contribution in [0, 0.1) is 11.8 Å². The van der Waals surface area contributed by atoms with Crippen molar-refractivity contribution in [3.8, 4) is 0 Å². The van der Waals surface area contributed by atoms with E-state index in [0.29, 0.717) is 12.5 Å². The summed E-state index contributed by atoms with van der Waals surface area (Å²) in [5.41, 5.74) is 0. The van der Waals surface area contributed by atoms with Crippen LogP contribution in [0.3, 0.4) is 0 Å². The molecule has 0 aromatic heterocycles. The SMILES string of the molecule is CN(CC(O)C1CC1)C(=O)C1CC=CCC1. The highest BCUT2D eigenvalue weighted by Gasteiger charge is 2.32. The van der Waals surface area contributed by atoms with Crippen LogP contribution in [0.25, 0.3) is 0 Å². The van der Waals surface area contributed by atoms with E-state index in [9.17, 15) is 9.90 Å². The maximum atomic E-state index is 12.1. The predicted molar refractivity (Wildman–Crippen MR) is 62.8 cm³/mol. The highest BCUT2D eigenvalue weighted by molar-refractivity contribution is 5.79. The van der Waals surface area contributed by atoms with Gasteiger partial charge in [-0.2, -0.15) is 0 Å². The highest BCUT2D eigenvalue weighted by Crippen LogP contribution is 2.33. The van der Waals surface area contributed by atoms with E-state index in [1.54, 1.807) is 4.90 Å². The Morgan fingerprint density at radius 2 is 2.19 bits per heavy atom. The Hall–Kier alpha value is -0.830. The first-order valence-corrected chi connectivity index (χ1v) is 6.26. The summed E-state index contributed by atoms with van der Waals surface area (Å²) in [5, 5.41) is 9.80. The maximum Gasteiger partial charge on any atom is 0.225 e. The summed E-state index contributed by atoms with van der Waals surface area (Å²) in [6.07, 6.45) is 9.00. The summed E-state index contributed by atoms with van der Waals surface area (Å²) >= 11 is 0. The van der Waals surface area contributed by atoms with E-state index >= 15 is 0 Å². The minimum atomic E-state index is -0.312. The summed E-state index contributed by atoms with van der Waals surface area (Å²) in [4.78, 5) is 13.8. The summed E-state index contributed by atoms with van der Waals surface area (Å²) in [6, 6.07) is 0. The van der Waals surface area contributed by atoms with Crippen LogP contribution in [0.15, 0.2) is 12.2 Å². The van der Waals surface area contributed by atoms with Gasteiger partial charge >= 0.3 is 0 Å². The molecule has 3 heteroatoms. The van der Waals surface area contributed by atoms with Gasteiger partial charge in [-0.3, -0.25) is 4.79 Å². The molecule has 0 aromatic carbocycles. The summed E-state index contributed by atoms with van der Waals surface area (Å²) in [5.74, 6) is 0.784. The lowest BCUT2D eigenvalue weighted by Gasteiger charge is -2.26. The monoisotopic (exact) mass is 223 g/mol. The van der Waals surface area contributed by atoms with Crippen molar-refractivity contribution in [3.63, 3.8) is 0 Å². The number of carbonyl (C=O) groups is 1. The molecule has 0 bridgehead atoms. The average Bonchev–Trinajstić information content (AvgIpc) is 3.13. The van der Waals surface area contributed by atoms with Crippen LogP contribution >= 0.6 is 0 Å². The number of aliphatic hydroxyl groups excluding tert-OH is 1. The Morgan fingerprint density at radius 3 is 2.75 bits per heavy atom. The molecule has 90 valence electrons. The van der Waals surface area contributed by atoms with Gasteiger partial charge in [0.1, 0.15) is 0 Å². The van der Waals surface area contributed by atoms with Crippen molar-refractivity contribution in [2.24, 2.45) is 11.8 Å². The number of aliphatic hydroxyl groups is 1. The van der Waals surface area contributed by atoms with Gasteiger partial charge in [-0.05, 0) is 38.0 Å². The molecule has 0 spiro atoms. The van der Waals surface area contributed by atoms with Gasteiger partial charge in [-0.1, -0.05) is 12.2 Å². The molecule has 0 heterocycles. The summed E-state index contributed by atoms with van der Waals surface area (Å²) in [7, 11) is 1.81. The molecule has 1 N–H and O–H groups in total. The average molecular weight is 223 g/mol. The number of rotatable bonds is 4. The zero-order chi connectivity index (χ0) is 11.5. The fourth-order valence-corrected chi connectivity index (χ4v) is 2.33. The standard InChI is InChI=1S/C13H21NO2/c1-14(9-12(15)10-7-8-10)13(16)11-5-3-2-4-6-11/h2-3,10-12,15H,4-9H2,1H3. The van der Waals surface area contributed by atoms with Crippen molar-refractivity contribution in [1.82, 2.24) is 4.90 Å². The van der Waals surface area contributed by atoms with Crippen LogP contribution in [-0.2, 0) is 4.79 Å². The quantitative estimate of drug-likeness (QED) is 0.735. The first-order chi connectivity index (χ1) is 7.68. The molecular weight excluding hydrogens is 202 g/mol. The number of amides is 1. The first kappa shape index (κ1) is 11.6. The van der Waals surface area contributed by atoms with Crippen molar-refractivity contribution >= 4 is 5.91 Å². The van der Waals surface area contributed by atoms with Crippen LogP contribution in [0.5, 0.6) is 0 Å². The van der Waals surface area contributed by atoms with Crippen LogP contribution in [0.1, 0.15) is 32.1 Å². The van der Waals surface area contributed by atoms with Gasteiger partial charge in [0.2, 0.25) is 5.91 Å². The van der Waals surface area contributed by atoms with E-state index in [4.69, 9.17) is 0 Å². The molecular formula is C13H21NO2. The smallest absolute Gasteiger partial charge is 0.225 e. The Labute approximate surface area is 97.1 Å².